The van der Waals surface area contributed by atoms with Gasteiger partial charge in [-0.3, -0.25) is 0 Å². The van der Waals surface area contributed by atoms with Gasteiger partial charge < -0.3 is 10.5 Å². The smallest absolute Gasteiger partial charge is 0.212 e. The minimum absolute atomic E-state index is 0.354. The molecule has 5 nitrogen and oxygen atoms in total. The van der Waals surface area contributed by atoms with Crippen molar-refractivity contribution < 1.29 is 9.13 Å². The minimum atomic E-state index is -0.354. The molecular formula is C12H11FN4OS. The van der Waals surface area contributed by atoms with Gasteiger partial charge in [-0.25, -0.2) is 8.91 Å². The highest BCUT2D eigenvalue weighted by Crippen LogP contribution is 2.29. The zero-order valence-corrected chi connectivity index (χ0v) is 10.9. The summed E-state index contributed by atoms with van der Waals surface area (Å²) in [6, 6.07) is 4.26. The van der Waals surface area contributed by atoms with Gasteiger partial charge in [-0.05, 0) is 18.2 Å². The van der Waals surface area contributed by atoms with Crippen LogP contribution >= 0.6 is 11.3 Å². The summed E-state index contributed by atoms with van der Waals surface area (Å²) in [5.41, 5.74) is 7.02. The number of thiazole rings is 1. The number of hydrogen-bond acceptors (Lipinski definition) is 5. The Balaban J connectivity index is 2.18. The third-order valence-corrected chi connectivity index (χ3v) is 3.63. The van der Waals surface area contributed by atoms with Crippen molar-refractivity contribution >= 4 is 16.3 Å². The number of halogens is 1. The van der Waals surface area contributed by atoms with Gasteiger partial charge in [0.15, 0.2) is 5.82 Å². The van der Waals surface area contributed by atoms with E-state index >= 15 is 0 Å². The first-order chi connectivity index (χ1) is 9.22. The Labute approximate surface area is 112 Å². The third kappa shape index (κ3) is 1.96. The molecule has 0 aliphatic rings. The summed E-state index contributed by atoms with van der Waals surface area (Å²) >= 11 is 1.45. The van der Waals surface area contributed by atoms with Crippen molar-refractivity contribution in [2.24, 2.45) is 5.73 Å². The molecule has 2 aromatic heterocycles. The molecule has 0 atom stereocenters. The van der Waals surface area contributed by atoms with E-state index in [0.717, 1.165) is 10.7 Å². The molecule has 0 aliphatic carbocycles. The molecule has 2 heterocycles. The van der Waals surface area contributed by atoms with E-state index in [1.807, 2.05) is 5.38 Å². The number of aromatic nitrogens is 3. The maximum absolute atomic E-state index is 13.4. The number of rotatable bonds is 3. The number of hydrogen-bond donors (Lipinski definition) is 1. The maximum Gasteiger partial charge on any atom is 0.212 e. The third-order valence-electron chi connectivity index (χ3n) is 2.76. The second kappa shape index (κ2) is 4.60. The zero-order valence-electron chi connectivity index (χ0n) is 10.1. The minimum Gasteiger partial charge on any atom is -0.496 e. The first-order valence-corrected chi connectivity index (χ1v) is 6.48. The van der Waals surface area contributed by atoms with Crippen LogP contribution in [0.4, 0.5) is 4.39 Å². The van der Waals surface area contributed by atoms with Crippen LogP contribution in [0.15, 0.2) is 23.6 Å². The van der Waals surface area contributed by atoms with Gasteiger partial charge in [-0.1, -0.05) is 0 Å². The SMILES string of the molecule is COc1ccc(F)cc1-c1nc2scc(CN)n2n1. The van der Waals surface area contributed by atoms with E-state index in [0.29, 0.717) is 23.7 Å². The lowest BCUT2D eigenvalue weighted by molar-refractivity contribution is 0.415. The van der Waals surface area contributed by atoms with Crippen LogP contribution in [0.5, 0.6) is 5.75 Å². The van der Waals surface area contributed by atoms with E-state index in [1.54, 1.807) is 10.6 Å². The lowest BCUT2D eigenvalue weighted by Crippen LogP contribution is -2.01. The predicted molar refractivity (Wildman–Crippen MR) is 70.7 cm³/mol. The molecule has 0 amide bonds. The standard InChI is InChI=1S/C12H11FN4OS/c1-18-10-3-2-7(13)4-9(10)11-15-12-17(16-11)8(5-14)6-19-12/h2-4,6H,5,14H2,1H3. The van der Waals surface area contributed by atoms with Gasteiger partial charge in [-0.2, -0.15) is 4.98 Å². The molecule has 0 saturated heterocycles. The van der Waals surface area contributed by atoms with Crippen LogP contribution in [0.1, 0.15) is 5.69 Å². The van der Waals surface area contributed by atoms with Gasteiger partial charge in [0.25, 0.3) is 0 Å². The molecule has 0 spiro atoms. The van der Waals surface area contributed by atoms with Crippen LogP contribution in [0.3, 0.4) is 0 Å². The summed E-state index contributed by atoms with van der Waals surface area (Å²) in [5, 5.41) is 6.26. The zero-order chi connectivity index (χ0) is 13.4. The van der Waals surface area contributed by atoms with Crippen LogP contribution in [-0.4, -0.2) is 21.7 Å². The Morgan fingerprint density at radius 3 is 3.05 bits per heavy atom. The normalized spacial score (nSPS) is 11.1. The first kappa shape index (κ1) is 12.1. The van der Waals surface area contributed by atoms with Crippen molar-refractivity contribution in [2.75, 3.05) is 7.11 Å². The molecule has 19 heavy (non-hydrogen) atoms. The van der Waals surface area contributed by atoms with Gasteiger partial charge in [0.05, 0.1) is 18.4 Å². The summed E-state index contributed by atoms with van der Waals surface area (Å²) in [5.74, 6) is 0.611. The lowest BCUT2D eigenvalue weighted by Gasteiger charge is -2.04. The molecule has 7 heteroatoms. The van der Waals surface area contributed by atoms with Crippen LogP contribution in [-0.2, 0) is 6.54 Å². The topological polar surface area (TPSA) is 65.4 Å². The average Bonchev–Trinajstić information content (AvgIpc) is 2.98. The molecule has 0 unspecified atom stereocenters. The van der Waals surface area contributed by atoms with Crippen molar-refractivity contribution in [1.82, 2.24) is 14.6 Å². The predicted octanol–water partition coefficient (Wildman–Crippen LogP) is 2.06. The Kier molecular flexibility index (Phi) is 2.92. The molecule has 0 bridgehead atoms. The molecule has 98 valence electrons. The average molecular weight is 278 g/mol. The van der Waals surface area contributed by atoms with E-state index in [-0.39, 0.29) is 5.82 Å². The first-order valence-electron chi connectivity index (χ1n) is 5.60. The molecule has 3 aromatic rings. The van der Waals surface area contributed by atoms with Crippen molar-refractivity contribution in [3.63, 3.8) is 0 Å². The highest BCUT2D eigenvalue weighted by molar-refractivity contribution is 7.15. The molecule has 0 saturated carbocycles. The van der Waals surface area contributed by atoms with Gasteiger partial charge in [0, 0.05) is 11.9 Å². The van der Waals surface area contributed by atoms with E-state index in [9.17, 15) is 4.39 Å². The molecule has 1 aromatic carbocycles. The number of nitrogens with zero attached hydrogens (tertiary/aromatic N) is 3. The van der Waals surface area contributed by atoms with E-state index in [1.165, 1.54) is 30.6 Å². The maximum atomic E-state index is 13.4. The Bertz CT molecular complexity index is 736. The quantitative estimate of drug-likeness (QED) is 0.796. The fraction of sp³-hybridized carbons (Fsp3) is 0.167. The van der Waals surface area contributed by atoms with E-state index < -0.39 is 0 Å². The fourth-order valence-corrected chi connectivity index (χ4v) is 2.67. The van der Waals surface area contributed by atoms with Gasteiger partial charge in [-0.15, -0.1) is 16.4 Å². The molecule has 0 radical (unpaired) electrons. The molecule has 0 fully saturated rings. The van der Waals surface area contributed by atoms with Crippen LogP contribution in [0.25, 0.3) is 16.3 Å². The van der Waals surface area contributed by atoms with Crippen molar-refractivity contribution in [3.8, 4) is 17.1 Å². The summed E-state index contributed by atoms with van der Waals surface area (Å²) in [6.07, 6.45) is 0. The number of ether oxygens (including phenoxy) is 1. The monoisotopic (exact) mass is 278 g/mol. The largest absolute Gasteiger partial charge is 0.496 e. The number of nitrogens with two attached hydrogens (primary N) is 1. The fourth-order valence-electron chi connectivity index (χ4n) is 1.84. The van der Waals surface area contributed by atoms with Gasteiger partial charge >= 0.3 is 0 Å². The summed E-state index contributed by atoms with van der Waals surface area (Å²) < 4.78 is 20.2. The Hall–Kier alpha value is -1.99. The van der Waals surface area contributed by atoms with Crippen LogP contribution in [0.2, 0.25) is 0 Å². The number of fused-ring (bicyclic) bond motifs is 1. The summed E-state index contributed by atoms with van der Waals surface area (Å²) in [4.78, 5) is 5.09. The Morgan fingerprint density at radius 2 is 2.32 bits per heavy atom. The summed E-state index contributed by atoms with van der Waals surface area (Å²) in [6.45, 7) is 0.378. The Morgan fingerprint density at radius 1 is 1.47 bits per heavy atom. The highest BCUT2D eigenvalue weighted by Gasteiger charge is 2.15. The molecule has 2 N–H and O–H groups in total. The van der Waals surface area contributed by atoms with Crippen LogP contribution in [0, 0.1) is 5.82 Å². The van der Waals surface area contributed by atoms with E-state index in [2.05, 4.69) is 10.1 Å². The van der Waals surface area contributed by atoms with Gasteiger partial charge in [0.1, 0.15) is 11.6 Å². The van der Waals surface area contributed by atoms with E-state index in [4.69, 9.17) is 10.5 Å². The second-order valence-corrected chi connectivity index (χ2v) is 4.74. The lowest BCUT2D eigenvalue weighted by atomic mass is 10.2. The highest BCUT2D eigenvalue weighted by atomic mass is 32.1. The molecular weight excluding hydrogens is 267 g/mol. The second-order valence-electron chi connectivity index (χ2n) is 3.91. The van der Waals surface area contributed by atoms with Crippen molar-refractivity contribution in [1.29, 1.82) is 0 Å². The number of methoxy groups -OCH3 is 1. The van der Waals surface area contributed by atoms with Crippen LogP contribution < -0.4 is 10.5 Å². The molecule has 0 aliphatic heterocycles. The van der Waals surface area contributed by atoms with Crippen molar-refractivity contribution in [3.05, 3.63) is 35.1 Å². The molecule has 3 rings (SSSR count). The van der Waals surface area contributed by atoms with Crippen molar-refractivity contribution in [2.45, 2.75) is 6.54 Å². The number of benzene rings is 1. The van der Waals surface area contributed by atoms with Gasteiger partial charge in [0.2, 0.25) is 4.96 Å². The summed E-state index contributed by atoms with van der Waals surface area (Å²) in [7, 11) is 1.53.